The molecule has 4 nitrogen and oxygen atoms in total. The zero-order valence-electron chi connectivity index (χ0n) is 29.1. The summed E-state index contributed by atoms with van der Waals surface area (Å²) in [7, 11) is 0. The van der Waals surface area contributed by atoms with E-state index in [1.807, 2.05) is 30.5 Å². The Hall–Kier alpha value is -7.30. The molecule has 10 aromatic rings. The van der Waals surface area contributed by atoms with Crippen LogP contribution in [-0.4, -0.2) is 19.9 Å². The minimum absolute atomic E-state index is 0.693. The molecule has 250 valence electrons. The van der Waals surface area contributed by atoms with E-state index in [4.69, 9.17) is 15.0 Å². The number of aromatic nitrogens is 4. The lowest BCUT2D eigenvalue weighted by Gasteiger charge is -2.12. The third-order valence-electron chi connectivity index (χ3n) is 10.7. The first-order chi connectivity index (χ1) is 26.7. The summed E-state index contributed by atoms with van der Waals surface area (Å²) in [4.78, 5) is 19.9. The van der Waals surface area contributed by atoms with E-state index in [1.165, 1.54) is 44.2 Å². The van der Waals surface area contributed by atoms with Crippen LogP contribution in [0.4, 0.5) is 0 Å². The molecule has 3 aromatic heterocycles. The number of hydrogen-bond acceptors (Lipinski definition) is 4. The Kier molecular flexibility index (Phi) is 6.82. The minimum atomic E-state index is 0.693. The molecule has 7 aromatic carbocycles. The van der Waals surface area contributed by atoms with Gasteiger partial charge in [-0.2, -0.15) is 0 Å². The van der Waals surface area contributed by atoms with Gasteiger partial charge in [-0.25, -0.2) is 15.0 Å². The van der Waals surface area contributed by atoms with Gasteiger partial charge in [0.1, 0.15) is 0 Å². The van der Waals surface area contributed by atoms with Gasteiger partial charge in [0, 0.05) is 39.2 Å². The van der Waals surface area contributed by atoms with Gasteiger partial charge in [0.2, 0.25) is 0 Å². The monoisotopic (exact) mass is 686 g/mol. The van der Waals surface area contributed by atoms with Crippen molar-refractivity contribution in [3.05, 3.63) is 182 Å². The standard InChI is InChI=1S/C50H30N4/c1-2-8-37(9-3-1)50-53-45(33-17-15-31(16-18-33)38-26-27-43-40-12-5-4-11-39(40)42-14-6-13-41(38)47(42)43)30-46(54-50)34-21-19-32(20-22-34)44-28-25-36-24-23-35-10-7-29-51-48(35)49(36)52-44/h1-30H. The zero-order valence-corrected chi connectivity index (χ0v) is 29.1. The van der Waals surface area contributed by atoms with Crippen LogP contribution in [0.1, 0.15) is 0 Å². The van der Waals surface area contributed by atoms with E-state index in [2.05, 4.69) is 157 Å². The second kappa shape index (κ2) is 12.1. The van der Waals surface area contributed by atoms with E-state index >= 15 is 0 Å². The first-order valence-electron chi connectivity index (χ1n) is 18.2. The number of rotatable bonds is 5. The second-order valence-corrected chi connectivity index (χ2v) is 13.8. The first-order valence-corrected chi connectivity index (χ1v) is 18.2. The predicted octanol–water partition coefficient (Wildman–Crippen LogP) is 12.7. The van der Waals surface area contributed by atoms with Gasteiger partial charge in [-0.3, -0.25) is 4.98 Å². The number of benzene rings is 7. The van der Waals surface area contributed by atoms with Crippen molar-refractivity contribution < 1.29 is 0 Å². The highest BCUT2D eigenvalue weighted by Crippen LogP contribution is 2.49. The molecule has 3 heterocycles. The molecule has 0 saturated carbocycles. The van der Waals surface area contributed by atoms with Gasteiger partial charge in [-0.15, -0.1) is 0 Å². The Labute approximate surface area is 312 Å². The summed E-state index contributed by atoms with van der Waals surface area (Å²) in [6, 6.07) is 62.0. The summed E-state index contributed by atoms with van der Waals surface area (Å²) in [5.41, 5.74) is 16.2. The molecular formula is C50H30N4. The van der Waals surface area contributed by atoms with E-state index in [9.17, 15) is 0 Å². The van der Waals surface area contributed by atoms with Gasteiger partial charge in [0.15, 0.2) is 5.82 Å². The van der Waals surface area contributed by atoms with Crippen molar-refractivity contribution in [2.24, 2.45) is 0 Å². The predicted molar refractivity (Wildman–Crippen MR) is 222 cm³/mol. The summed E-state index contributed by atoms with van der Waals surface area (Å²) < 4.78 is 0. The lowest BCUT2D eigenvalue weighted by Crippen LogP contribution is -1.96. The minimum Gasteiger partial charge on any atom is -0.254 e. The van der Waals surface area contributed by atoms with Crippen LogP contribution in [0.5, 0.6) is 0 Å². The van der Waals surface area contributed by atoms with Gasteiger partial charge in [0.05, 0.1) is 28.1 Å². The molecule has 0 radical (unpaired) electrons. The van der Waals surface area contributed by atoms with Crippen molar-refractivity contribution in [1.29, 1.82) is 0 Å². The fourth-order valence-electron chi connectivity index (χ4n) is 8.04. The Bertz CT molecular complexity index is 3050. The maximum Gasteiger partial charge on any atom is 0.160 e. The maximum atomic E-state index is 5.10. The summed E-state index contributed by atoms with van der Waals surface area (Å²) in [5, 5.41) is 4.77. The summed E-state index contributed by atoms with van der Waals surface area (Å²) in [5.74, 6) is 0.693. The third-order valence-corrected chi connectivity index (χ3v) is 10.7. The highest BCUT2D eigenvalue weighted by atomic mass is 14.9. The van der Waals surface area contributed by atoms with E-state index in [0.717, 1.165) is 61.1 Å². The molecule has 4 heteroatoms. The molecule has 1 aliphatic carbocycles. The molecular weight excluding hydrogens is 657 g/mol. The van der Waals surface area contributed by atoms with Crippen molar-refractivity contribution in [3.63, 3.8) is 0 Å². The van der Waals surface area contributed by atoms with Crippen molar-refractivity contribution in [2.75, 3.05) is 0 Å². The molecule has 0 spiro atoms. The Morgan fingerprint density at radius 2 is 0.889 bits per heavy atom. The lowest BCUT2D eigenvalue weighted by molar-refractivity contribution is 1.18. The SMILES string of the molecule is c1ccc(-c2nc(-c3ccc(-c4ccc5ccc6cccnc6c5n4)cc3)cc(-c3ccc(-c4ccc5c6c(cccc46)-c4ccccc4-5)cc3)n2)cc1. The van der Waals surface area contributed by atoms with Gasteiger partial charge in [0.25, 0.3) is 0 Å². The molecule has 0 aliphatic heterocycles. The highest BCUT2D eigenvalue weighted by Gasteiger charge is 2.22. The Morgan fingerprint density at radius 3 is 1.61 bits per heavy atom. The molecule has 11 rings (SSSR count). The highest BCUT2D eigenvalue weighted by molar-refractivity contribution is 6.18. The average molecular weight is 687 g/mol. The van der Waals surface area contributed by atoms with Crippen LogP contribution < -0.4 is 0 Å². The Balaban J connectivity index is 0.966. The number of pyridine rings is 2. The quantitative estimate of drug-likeness (QED) is 0.169. The van der Waals surface area contributed by atoms with Crippen molar-refractivity contribution >= 4 is 32.6 Å². The van der Waals surface area contributed by atoms with Crippen LogP contribution in [0, 0.1) is 0 Å². The molecule has 1 aliphatic rings. The van der Waals surface area contributed by atoms with E-state index in [1.54, 1.807) is 0 Å². The van der Waals surface area contributed by atoms with Crippen molar-refractivity contribution in [2.45, 2.75) is 0 Å². The van der Waals surface area contributed by atoms with Gasteiger partial charge in [-0.05, 0) is 62.4 Å². The average Bonchev–Trinajstić information content (AvgIpc) is 3.58. The summed E-state index contributed by atoms with van der Waals surface area (Å²) >= 11 is 0. The van der Waals surface area contributed by atoms with Crippen LogP contribution >= 0.6 is 0 Å². The van der Waals surface area contributed by atoms with Crippen LogP contribution in [-0.2, 0) is 0 Å². The summed E-state index contributed by atoms with van der Waals surface area (Å²) in [6.45, 7) is 0. The molecule has 54 heavy (non-hydrogen) atoms. The van der Waals surface area contributed by atoms with Crippen LogP contribution in [0.2, 0.25) is 0 Å². The number of nitrogens with zero attached hydrogens (tertiary/aromatic N) is 4. The molecule has 0 bridgehead atoms. The fraction of sp³-hybridized carbons (Fsp3) is 0. The van der Waals surface area contributed by atoms with Gasteiger partial charge in [-0.1, -0.05) is 158 Å². The normalized spacial score (nSPS) is 11.7. The fourth-order valence-corrected chi connectivity index (χ4v) is 8.04. The van der Waals surface area contributed by atoms with E-state index in [-0.39, 0.29) is 0 Å². The zero-order chi connectivity index (χ0) is 35.6. The largest absolute Gasteiger partial charge is 0.254 e. The van der Waals surface area contributed by atoms with Crippen LogP contribution in [0.15, 0.2) is 182 Å². The smallest absolute Gasteiger partial charge is 0.160 e. The van der Waals surface area contributed by atoms with Gasteiger partial charge < -0.3 is 0 Å². The maximum absolute atomic E-state index is 5.10. The second-order valence-electron chi connectivity index (χ2n) is 13.8. The molecule has 0 N–H and O–H groups in total. The van der Waals surface area contributed by atoms with Crippen molar-refractivity contribution in [1.82, 2.24) is 19.9 Å². The lowest BCUT2D eigenvalue weighted by atomic mass is 9.93. The molecule has 0 unspecified atom stereocenters. The van der Waals surface area contributed by atoms with E-state index < -0.39 is 0 Å². The molecule has 0 amide bonds. The van der Waals surface area contributed by atoms with Crippen molar-refractivity contribution in [3.8, 4) is 78.5 Å². The molecule has 0 atom stereocenters. The first kappa shape index (κ1) is 30.3. The molecule has 0 fully saturated rings. The van der Waals surface area contributed by atoms with Crippen LogP contribution in [0.3, 0.4) is 0 Å². The van der Waals surface area contributed by atoms with Crippen LogP contribution in [0.25, 0.3) is 111 Å². The number of fused-ring (bicyclic) bond motifs is 6. The number of hydrogen-bond donors (Lipinski definition) is 0. The topological polar surface area (TPSA) is 51.6 Å². The van der Waals surface area contributed by atoms with E-state index in [0.29, 0.717) is 5.82 Å². The third kappa shape index (κ3) is 4.92. The Morgan fingerprint density at radius 1 is 0.315 bits per heavy atom. The molecule has 0 saturated heterocycles. The van der Waals surface area contributed by atoms with Gasteiger partial charge >= 0.3 is 0 Å². The summed E-state index contributed by atoms with van der Waals surface area (Å²) in [6.07, 6.45) is 1.83.